The zero-order valence-corrected chi connectivity index (χ0v) is 16.6. The molecule has 0 aliphatic heterocycles. The fraction of sp³-hybridized carbons (Fsp3) is 0.588. The average Bonchev–Trinajstić information content (AvgIpc) is 2.59. The minimum absolute atomic E-state index is 0.117. The number of fused-ring (bicyclic) bond motifs is 1. The molecule has 2 aromatic rings. The van der Waals surface area contributed by atoms with Crippen LogP contribution >= 0.6 is 11.8 Å². The van der Waals surface area contributed by atoms with E-state index >= 15 is 0 Å². The highest BCUT2D eigenvalue weighted by molar-refractivity contribution is 8.00. The molecule has 8 nitrogen and oxygen atoms in total. The van der Waals surface area contributed by atoms with E-state index in [0.29, 0.717) is 29.6 Å². The van der Waals surface area contributed by atoms with Gasteiger partial charge in [-0.05, 0) is 19.3 Å². The summed E-state index contributed by atoms with van der Waals surface area (Å²) in [4.78, 5) is 45.8. The monoisotopic (exact) mass is 379 g/mol. The average molecular weight is 379 g/mol. The predicted molar refractivity (Wildman–Crippen MR) is 103 cm³/mol. The molecule has 142 valence electrons. The molecule has 1 amide bonds. The Balaban J connectivity index is 2.58. The maximum absolute atomic E-state index is 12.7. The maximum atomic E-state index is 12.7. The van der Waals surface area contributed by atoms with Gasteiger partial charge in [-0.25, -0.2) is 14.8 Å². The van der Waals surface area contributed by atoms with Gasteiger partial charge in [-0.2, -0.15) is 0 Å². The molecule has 2 heterocycles. The van der Waals surface area contributed by atoms with Crippen molar-refractivity contribution in [1.29, 1.82) is 0 Å². The number of rotatable bonds is 7. The molecule has 0 aromatic carbocycles. The van der Waals surface area contributed by atoms with Crippen LogP contribution in [0.15, 0.2) is 14.6 Å². The molecule has 0 aliphatic carbocycles. The van der Waals surface area contributed by atoms with Gasteiger partial charge < -0.3 is 5.32 Å². The lowest BCUT2D eigenvalue weighted by Crippen LogP contribution is -2.39. The van der Waals surface area contributed by atoms with Crippen LogP contribution in [0.25, 0.3) is 11.0 Å². The summed E-state index contributed by atoms with van der Waals surface area (Å²) in [5, 5.41) is 3.51. The third kappa shape index (κ3) is 4.32. The van der Waals surface area contributed by atoms with Gasteiger partial charge in [0.1, 0.15) is 16.2 Å². The van der Waals surface area contributed by atoms with Crippen LogP contribution in [-0.4, -0.2) is 37.3 Å². The van der Waals surface area contributed by atoms with Gasteiger partial charge in [-0.1, -0.05) is 32.5 Å². The SMILES string of the molecule is CCCNC(=O)CSc1nc(C)nc2c1c(=O)n(C)c(=O)n2CC(C)C. The molecular weight excluding hydrogens is 354 g/mol. The predicted octanol–water partition coefficient (Wildman–Crippen LogP) is 1.07. The first-order valence-corrected chi connectivity index (χ1v) is 9.62. The number of carbonyl (C=O) groups is 1. The van der Waals surface area contributed by atoms with Gasteiger partial charge in [-0.3, -0.25) is 18.7 Å². The molecule has 0 aliphatic rings. The first kappa shape index (κ1) is 20.2. The first-order chi connectivity index (χ1) is 12.3. The molecule has 9 heteroatoms. The fourth-order valence-electron chi connectivity index (χ4n) is 2.52. The van der Waals surface area contributed by atoms with Crippen LogP contribution in [0.5, 0.6) is 0 Å². The second kappa shape index (κ2) is 8.48. The Labute approximate surface area is 156 Å². The van der Waals surface area contributed by atoms with Crippen LogP contribution in [0.1, 0.15) is 33.0 Å². The lowest BCUT2D eigenvalue weighted by molar-refractivity contribution is -0.118. The van der Waals surface area contributed by atoms with Crippen molar-refractivity contribution in [3.63, 3.8) is 0 Å². The van der Waals surface area contributed by atoms with Gasteiger partial charge in [0, 0.05) is 20.1 Å². The number of hydrogen-bond acceptors (Lipinski definition) is 6. The van der Waals surface area contributed by atoms with Gasteiger partial charge in [0.2, 0.25) is 5.91 Å². The number of aryl methyl sites for hydroxylation is 1. The van der Waals surface area contributed by atoms with Gasteiger partial charge in [0.05, 0.1) is 5.75 Å². The first-order valence-electron chi connectivity index (χ1n) is 8.63. The minimum Gasteiger partial charge on any atom is -0.355 e. The van der Waals surface area contributed by atoms with Crippen molar-refractivity contribution >= 4 is 28.7 Å². The molecule has 0 atom stereocenters. The van der Waals surface area contributed by atoms with E-state index in [0.717, 1.165) is 11.0 Å². The van der Waals surface area contributed by atoms with Crippen LogP contribution in [0.2, 0.25) is 0 Å². The van der Waals surface area contributed by atoms with Crippen molar-refractivity contribution in [2.45, 2.75) is 45.7 Å². The Kier molecular flexibility index (Phi) is 6.57. The summed E-state index contributed by atoms with van der Waals surface area (Å²) < 4.78 is 2.59. The summed E-state index contributed by atoms with van der Waals surface area (Å²) in [5.74, 6) is 0.699. The van der Waals surface area contributed by atoms with Crippen molar-refractivity contribution in [2.75, 3.05) is 12.3 Å². The van der Waals surface area contributed by atoms with Crippen LogP contribution < -0.4 is 16.6 Å². The summed E-state index contributed by atoms with van der Waals surface area (Å²) in [7, 11) is 1.45. The third-order valence-corrected chi connectivity index (χ3v) is 4.70. The van der Waals surface area contributed by atoms with Crippen LogP contribution in [0, 0.1) is 12.8 Å². The van der Waals surface area contributed by atoms with E-state index in [1.165, 1.54) is 23.4 Å². The molecule has 2 aromatic heterocycles. The highest BCUT2D eigenvalue weighted by Gasteiger charge is 2.19. The second-order valence-corrected chi connectivity index (χ2v) is 7.53. The number of aromatic nitrogens is 4. The van der Waals surface area contributed by atoms with Crippen molar-refractivity contribution in [3.05, 3.63) is 26.7 Å². The van der Waals surface area contributed by atoms with Crippen LogP contribution in [0.4, 0.5) is 0 Å². The number of hydrogen-bond donors (Lipinski definition) is 1. The topological polar surface area (TPSA) is 98.9 Å². The molecule has 0 bridgehead atoms. The molecule has 0 unspecified atom stereocenters. The Morgan fingerprint density at radius 2 is 1.96 bits per heavy atom. The Morgan fingerprint density at radius 3 is 2.58 bits per heavy atom. The largest absolute Gasteiger partial charge is 0.355 e. The lowest BCUT2D eigenvalue weighted by atomic mass is 10.2. The Hall–Kier alpha value is -2.16. The highest BCUT2D eigenvalue weighted by atomic mass is 32.2. The van der Waals surface area contributed by atoms with Gasteiger partial charge in [0.25, 0.3) is 5.56 Å². The standard InChI is InChI=1S/C17H25N5O3S/c1-6-7-18-12(23)9-26-15-13-14(19-11(4)20-15)22(8-10(2)3)17(25)21(5)16(13)24/h10H,6-9H2,1-5H3,(H,18,23). The van der Waals surface area contributed by atoms with E-state index in [2.05, 4.69) is 15.3 Å². The highest BCUT2D eigenvalue weighted by Crippen LogP contribution is 2.22. The quantitative estimate of drug-likeness (QED) is 0.571. The van der Waals surface area contributed by atoms with Gasteiger partial charge in [0.15, 0.2) is 5.65 Å². The molecule has 0 radical (unpaired) electrons. The summed E-state index contributed by atoms with van der Waals surface area (Å²) in [6, 6.07) is 0. The molecular formula is C17H25N5O3S. The van der Waals surface area contributed by atoms with E-state index in [1.54, 1.807) is 6.92 Å². The van der Waals surface area contributed by atoms with Crippen LogP contribution in [0.3, 0.4) is 0 Å². The molecule has 0 spiro atoms. The molecule has 0 saturated heterocycles. The van der Waals surface area contributed by atoms with Crippen molar-refractivity contribution < 1.29 is 4.79 Å². The number of amides is 1. The van der Waals surface area contributed by atoms with Crippen molar-refractivity contribution in [1.82, 2.24) is 24.4 Å². The normalized spacial score (nSPS) is 11.3. The molecule has 0 fully saturated rings. The molecule has 1 N–H and O–H groups in total. The van der Waals surface area contributed by atoms with Crippen molar-refractivity contribution in [3.8, 4) is 0 Å². The number of nitrogens with one attached hydrogen (secondary N) is 1. The van der Waals surface area contributed by atoms with Crippen molar-refractivity contribution in [2.24, 2.45) is 13.0 Å². The van der Waals surface area contributed by atoms with Gasteiger partial charge >= 0.3 is 5.69 Å². The van der Waals surface area contributed by atoms with E-state index in [9.17, 15) is 14.4 Å². The number of thioether (sulfide) groups is 1. The summed E-state index contributed by atoms with van der Waals surface area (Å²) in [6.07, 6.45) is 0.855. The van der Waals surface area contributed by atoms with Gasteiger partial charge in [-0.15, -0.1) is 0 Å². The summed E-state index contributed by atoms with van der Waals surface area (Å²) >= 11 is 1.19. The lowest BCUT2D eigenvalue weighted by Gasteiger charge is -2.15. The Morgan fingerprint density at radius 1 is 1.27 bits per heavy atom. The van der Waals surface area contributed by atoms with E-state index in [4.69, 9.17) is 0 Å². The molecule has 2 rings (SSSR count). The zero-order valence-electron chi connectivity index (χ0n) is 15.8. The number of carbonyl (C=O) groups excluding carboxylic acids is 1. The minimum atomic E-state index is -0.443. The molecule has 26 heavy (non-hydrogen) atoms. The maximum Gasteiger partial charge on any atom is 0.332 e. The fourth-order valence-corrected chi connectivity index (χ4v) is 3.41. The number of nitrogens with zero attached hydrogens (tertiary/aromatic N) is 4. The summed E-state index contributed by atoms with van der Waals surface area (Å²) in [5.41, 5.74) is -0.511. The van der Waals surface area contributed by atoms with E-state index in [1.807, 2.05) is 20.8 Å². The van der Waals surface area contributed by atoms with E-state index < -0.39 is 11.2 Å². The smallest absolute Gasteiger partial charge is 0.332 e. The second-order valence-electron chi connectivity index (χ2n) is 6.56. The van der Waals surface area contributed by atoms with Crippen LogP contribution in [-0.2, 0) is 18.4 Å². The zero-order chi connectivity index (χ0) is 19.4. The third-order valence-electron chi connectivity index (χ3n) is 3.72. The van der Waals surface area contributed by atoms with E-state index in [-0.39, 0.29) is 23.0 Å². The summed E-state index contributed by atoms with van der Waals surface area (Å²) in [6.45, 7) is 8.73. The molecule has 0 saturated carbocycles. The Bertz CT molecular complexity index is 933.